The Kier molecular flexibility index (Phi) is 4.51. The molecule has 1 aromatic carbocycles. The number of nitrogens with zero attached hydrogens (tertiary/aromatic N) is 1. The summed E-state index contributed by atoms with van der Waals surface area (Å²) in [7, 11) is 0. The minimum absolute atomic E-state index is 0.118. The molecular formula is C16H21NO2. The predicted molar refractivity (Wildman–Crippen MR) is 76.8 cm³/mol. The maximum absolute atomic E-state index is 10.4. The highest BCUT2D eigenvalue weighted by Gasteiger charge is 2.26. The van der Waals surface area contributed by atoms with E-state index in [0.717, 1.165) is 29.2 Å². The molecule has 1 heterocycles. The van der Waals surface area contributed by atoms with Crippen LogP contribution in [0.2, 0.25) is 0 Å². The van der Waals surface area contributed by atoms with Crippen molar-refractivity contribution in [1.82, 2.24) is 4.98 Å². The van der Waals surface area contributed by atoms with Gasteiger partial charge in [0.15, 0.2) is 0 Å². The van der Waals surface area contributed by atoms with Crippen molar-refractivity contribution in [2.75, 3.05) is 0 Å². The van der Waals surface area contributed by atoms with Crippen molar-refractivity contribution >= 4 is 10.8 Å². The van der Waals surface area contributed by atoms with Crippen LogP contribution in [0.4, 0.5) is 0 Å². The first-order valence-electron chi connectivity index (χ1n) is 6.87. The number of rotatable bonds is 5. The Hall–Kier alpha value is -1.45. The number of fused-ring (bicyclic) bond motifs is 1. The molecule has 2 unspecified atom stereocenters. The Balaban J connectivity index is 2.38. The van der Waals surface area contributed by atoms with Crippen molar-refractivity contribution < 1.29 is 10.2 Å². The summed E-state index contributed by atoms with van der Waals surface area (Å²) in [5.74, 6) is 0.118. The van der Waals surface area contributed by atoms with Crippen molar-refractivity contribution in [2.24, 2.45) is 5.92 Å². The average Bonchev–Trinajstić information content (AvgIpc) is 2.47. The molecule has 3 heteroatoms. The summed E-state index contributed by atoms with van der Waals surface area (Å²) < 4.78 is 0. The lowest BCUT2D eigenvalue weighted by Crippen LogP contribution is -2.27. The maximum atomic E-state index is 10.4. The van der Waals surface area contributed by atoms with E-state index in [1.165, 1.54) is 0 Å². The lowest BCUT2D eigenvalue weighted by atomic mass is 9.88. The monoisotopic (exact) mass is 259 g/mol. The SMILES string of the molecule is CCC(CC)C(O)C(O)c1cccc2cnccc12. The first-order chi connectivity index (χ1) is 9.19. The third-order valence-electron chi connectivity index (χ3n) is 3.89. The zero-order valence-electron chi connectivity index (χ0n) is 11.5. The van der Waals surface area contributed by atoms with Gasteiger partial charge in [0.2, 0.25) is 0 Å². The highest BCUT2D eigenvalue weighted by molar-refractivity contribution is 5.85. The van der Waals surface area contributed by atoms with Crippen LogP contribution in [0, 0.1) is 5.92 Å². The molecule has 0 aliphatic carbocycles. The molecule has 2 aromatic rings. The van der Waals surface area contributed by atoms with Gasteiger partial charge in [0.1, 0.15) is 6.10 Å². The first-order valence-corrected chi connectivity index (χ1v) is 6.87. The van der Waals surface area contributed by atoms with Crippen LogP contribution in [0.15, 0.2) is 36.7 Å². The minimum Gasteiger partial charge on any atom is -0.390 e. The second kappa shape index (κ2) is 6.13. The third-order valence-corrected chi connectivity index (χ3v) is 3.89. The number of aromatic nitrogens is 1. The Morgan fingerprint density at radius 2 is 1.84 bits per heavy atom. The van der Waals surface area contributed by atoms with Gasteiger partial charge in [0, 0.05) is 17.8 Å². The molecule has 102 valence electrons. The number of benzene rings is 1. The second-order valence-corrected chi connectivity index (χ2v) is 4.96. The lowest BCUT2D eigenvalue weighted by molar-refractivity contribution is -0.0202. The van der Waals surface area contributed by atoms with Gasteiger partial charge in [0.05, 0.1) is 6.10 Å². The Morgan fingerprint density at radius 1 is 1.11 bits per heavy atom. The Bertz CT molecular complexity index is 532. The summed E-state index contributed by atoms with van der Waals surface area (Å²) >= 11 is 0. The van der Waals surface area contributed by atoms with E-state index in [2.05, 4.69) is 4.98 Å². The van der Waals surface area contributed by atoms with Gasteiger partial charge in [-0.25, -0.2) is 0 Å². The molecule has 0 amide bonds. The number of aliphatic hydroxyl groups excluding tert-OH is 2. The van der Waals surface area contributed by atoms with E-state index in [0.29, 0.717) is 0 Å². The van der Waals surface area contributed by atoms with Crippen molar-refractivity contribution in [1.29, 1.82) is 0 Å². The fourth-order valence-corrected chi connectivity index (χ4v) is 2.62. The van der Waals surface area contributed by atoms with Crippen molar-refractivity contribution in [3.8, 4) is 0 Å². The van der Waals surface area contributed by atoms with Gasteiger partial charge in [-0.05, 0) is 22.9 Å². The number of hydrogen-bond donors (Lipinski definition) is 2. The number of hydrogen-bond acceptors (Lipinski definition) is 3. The largest absolute Gasteiger partial charge is 0.390 e. The van der Waals surface area contributed by atoms with Crippen LogP contribution in [0.1, 0.15) is 38.4 Å². The van der Waals surface area contributed by atoms with Crippen LogP contribution in [0.25, 0.3) is 10.8 Å². The van der Waals surface area contributed by atoms with E-state index in [4.69, 9.17) is 0 Å². The van der Waals surface area contributed by atoms with Gasteiger partial charge in [-0.1, -0.05) is 44.9 Å². The van der Waals surface area contributed by atoms with E-state index >= 15 is 0 Å². The molecule has 0 spiro atoms. The minimum atomic E-state index is -0.851. The summed E-state index contributed by atoms with van der Waals surface area (Å²) in [6.45, 7) is 4.08. The standard InChI is InChI=1S/C16H21NO2/c1-3-11(4-2)15(18)16(19)14-7-5-6-12-10-17-9-8-13(12)14/h5-11,15-16,18-19H,3-4H2,1-2H3. The summed E-state index contributed by atoms with van der Waals surface area (Å²) in [6.07, 6.45) is 3.63. The van der Waals surface area contributed by atoms with E-state index < -0.39 is 12.2 Å². The molecule has 0 aliphatic rings. The van der Waals surface area contributed by atoms with Crippen molar-refractivity contribution in [3.63, 3.8) is 0 Å². The van der Waals surface area contributed by atoms with Crippen LogP contribution in [-0.2, 0) is 0 Å². The molecule has 3 nitrogen and oxygen atoms in total. The molecule has 0 aliphatic heterocycles. The molecule has 2 rings (SSSR count). The maximum Gasteiger partial charge on any atom is 0.106 e. The fraction of sp³-hybridized carbons (Fsp3) is 0.438. The van der Waals surface area contributed by atoms with Crippen molar-refractivity contribution in [2.45, 2.75) is 38.9 Å². The van der Waals surface area contributed by atoms with Gasteiger partial charge in [0.25, 0.3) is 0 Å². The van der Waals surface area contributed by atoms with Crippen LogP contribution >= 0.6 is 0 Å². The molecule has 1 aromatic heterocycles. The van der Waals surface area contributed by atoms with Crippen LogP contribution in [0.5, 0.6) is 0 Å². The topological polar surface area (TPSA) is 53.4 Å². The second-order valence-electron chi connectivity index (χ2n) is 4.96. The predicted octanol–water partition coefficient (Wildman–Crippen LogP) is 3.07. The third kappa shape index (κ3) is 2.77. The smallest absolute Gasteiger partial charge is 0.106 e. The number of aliphatic hydroxyl groups is 2. The molecule has 19 heavy (non-hydrogen) atoms. The van der Waals surface area contributed by atoms with Crippen LogP contribution in [-0.4, -0.2) is 21.3 Å². The molecule has 0 saturated carbocycles. The normalized spacial score (nSPS) is 14.8. The molecule has 2 atom stereocenters. The van der Waals surface area contributed by atoms with Gasteiger partial charge >= 0.3 is 0 Å². The lowest BCUT2D eigenvalue weighted by Gasteiger charge is -2.26. The average molecular weight is 259 g/mol. The zero-order chi connectivity index (χ0) is 13.8. The van der Waals surface area contributed by atoms with Crippen molar-refractivity contribution in [3.05, 3.63) is 42.2 Å². The van der Waals surface area contributed by atoms with Gasteiger partial charge in [-0.3, -0.25) is 4.98 Å². The fourth-order valence-electron chi connectivity index (χ4n) is 2.62. The quantitative estimate of drug-likeness (QED) is 0.867. The van der Waals surface area contributed by atoms with E-state index in [-0.39, 0.29) is 5.92 Å². The van der Waals surface area contributed by atoms with E-state index in [9.17, 15) is 10.2 Å². The zero-order valence-corrected chi connectivity index (χ0v) is 11.5. The Morgan fingerprint density at radius 3 is 2.53 bits per heavy atom. The van der Waals surface area contributed by atoms with Crippen LogP contribution in [0.3, 0.4) is 0 Å². The summed E-state index contributed by atoms with van der Waals surface area (Å²) in [5.41, 5.74) is 0.777. The highest BCUT2D eigenvalue weighted by Crippen LogP contribution is 2.30. The molecule has 0 radical (unpaired) electrons. The molecule has 0 fully saturated rings. The summed E-state index contributed by atoms with van der Waals surface area (Å²) in [5, 5.41) is 22.7. The van der Waals surface area contributed by atoms with Gasteiger partial charge < -0.3 is 10.2 Å². The summed E-state index contributed by atoms with van der Waals surface area (Å²) in [4.78, 5) is 4.08. The highest BCUT2D eigenvalue weighted by atomic mass is 16.3. The molecular weight excluding hydrogens is 238 g/mol. The molecule has 2 N–H and O–H groups in total. The molecule has 0 bridgehead atoms. The Labute approximate surface area is 113 Å². The van der Waals surface area contributed by atoms with E-state index in [1.54, 1.807) is 12.4 Å². The summed E-state index contributed by atoms with van der Waals surface area (Å²) in [6, 6.07) is 7.61. The van der Waals surface area contributed by atoms with Crippen LogP contribution < -0.4 is 0 Å². The first kappa shape index (κ1) is 14.0. The molecule has 0 saturated heterocycles. The van der Waals surface area contributed by atoms with E-state index in [1.807, 2.05) is 38.1 Å². The van der Waals surface area contributed by atoms with Gasteiger partial charge in [-0.2, -0.15) is 0 Å². The number of pyridine rings is 1. The van der Waals surface area contributed by atoms with Gasteiger partial charge in [-0.15, -0.1) is 0 Å².